The minimum Gasteiger partial charge on any atom is -0.387 e. The maximum absolute atomic E-state index is 11.6. The van der Waals surface area contributed by atoms with Crippen molar-refractivity contribution >= 4 is 24.2 Å². The average Bonchev–Trinajstić information content (AvgIpc) is 2.50. The molecule has 0 aliphatic heterocycles. The molecule has 0 heterocycles. The molecule has 1 aromatic carbocycles. The van der Waals surface area contributed by atoms with Gasteiger partial charge in [0.15, 0.2) is 0 Å². The monoisotopic (exact) mass is 329 g/mol. The van der Waals surface area contributed by atoms with E-state index >= 15 is 0 Å². The van der Waals surface area contributed by atoms with E-state index in [1.165, 1.54) is 0 Å². The average molecular weight is 330 g/mol. The fourth-order valence-corrected chi connectivity index (χ4v) is 1.65. The summed E-state index contributed by atoms with van der Waals surface area (Å²) in [6, 6.07) is 8.40. The Labute approximate surface area is 136 Å². The Morgan fingerprint density at radius 3 is 2.32 bits per heavy atom. The fraction of sp³-hybridized carbons (Fsp3) is 0.467. The van der Waals surface area contributed by atoms with E-state index in [9.17, 15) is 14.7 Å². The molecule has 2 atom stereocenters. The lowest BCUT2D eigenvalue weighted by molar-refractivity contribution is -0.127. The van der Waals surface area contributed by atoms with Gasteiger partial charge >= 0.3 is 0 Å². The summed E-state index contributed by atoms with van der Waals surface area (Å²) in [5.41, 5.74) is 6.39. The number of carbonyl (C=O) groups excluding carboxylic acids is 2. The lowest BCUT2D eigenvalue weighted by Gasteiger charge is -2.16. The van der Waals surface area contributed by atoms with Crippen LogP contribution >= 0.6 is 12.4 Å². The van der Waals surface area contributed by atoms with Crippen molar-refractivity contribution in [1.29, 1.82) is 0 Å². The predicted octanol–water partition coefficient (Wildman–Crippen LogP) is 0.358. The van der Waals surface area contributed by atoms with E-state index in [4.69, 9.17) is 5.73 Å². The zero-order valence-corrected chi connectivity index (χ0v) is 13.6. The Morgan fingerprint density at radius 2 is 1.77 bits per heavy atom. The van der Waals surface area contributed by atoms with Crippen LogP contribution in [0.15, 0.2) is 30.3 Å². The van der Waals surface area contributed by atoms with Gasteiger partial charge in [0.25, 0.3) is 0 Å². The first kappa shape index (κ1) is 20.4. The van der Waals surface area contributed by atoms with Gasteiger partial charge in [0, 0.05) is 6.54 Å². The van der Waals surface area contributed by atoms with Crippen LogP contribution in [0.3, 0.4) is 0 Å². The van der Waals surface area contributed by atoms with E-state index in [1.54, 1.807) is 12.1 Å². The third-order valence-electron chi connectivity index (χ3n) is 3.12. The van der Waals surface area contributed by atoms with Gasteiger partial charge in [-0.3, -0.25) is 9.59 Å². The number of hydrogen-bond donors (Lipinski definition) is 4. The van der Waals surface area contributed by atoms with E-state index < -0.39 is 12.1 Å². The van der Waals surface area contributed by atoms with Gasteiger partial charge in [0.05, 0.1) is 18.7 Å². The number of carbonyl (C=O) groups is 2. The Hall–Kier alpha value is -1.63. The number of hydrogen-bond acceptors (Lipinski definition) is 4. The fourth-order valence-electron chi connectivity index (χ4n) is 1.65. The second-order valence-corrected chi connectivity index (χ2v) is 5.22. The summed E-state index contributed by atoms with van der Waals surface area (Å²) in [7, 11) is 0. The molecule has 1 aromatic rings. The molecular weight excluding hydrogens is 306 g/mol. The highest BCUT2D eigenvalue weighted by Gasteiger charge is 2.17. The largest absolute Gasteiger partial charge is 0.387 e. The zero-order valence-electron chi connectivity index (χ0n) is 12.8. The van der Waals surface area contributed by atoms with Gasteiger partial charge in [-0.25, -0.2) is 0 Å². The van der Waals surface area contributed by atoms with Gasteiger partial charge in [0.1, 0.15) is 0 Å². The van der Waals surface area contributed by atoms with E-state index in [2.05, 4.69) is 10.6 Å². The minimum atomic E-state index is -0.774. The van der Waals surface area contributed by atoms with Crippen molar-refractivity contribution in [3.63, 3.8) is 0 Å². The van der Waals surface area contributed by atoms with E-state index in [-0.39, 0.29) is 43.2 Å². The van der Waals surface area contributed by atoms with Crippen LogP contribution in [0.2, 0.25) is 0 Å². The van der Waals surface area contributed by atoms with Crippen LogP contribution in [-0.4, -0.2) is 36.1 Å². The SMILES string of the molecule is CC(C)[C@H](N)C(=O)NCC(=O)NCC(O)c1ccccc1.Cl. The molecule has 0 spiro atoms. The normalized spacial score (nSPS) is 13.0. The smallest absolute Gasteiger partial charge is 0.239 e. The number of benzene rings is 1. The first-order valence-electron chi connectivity index (χ1n) is 6.94. The number of nitrogens with two attached hydrogens (primary N) is 1. The van der Waals surface area contributed by atoms with Crippen LogP contribution in [0.4, 0.5) is 0 Å². The molecular formula is C15H24ClN3O3. The quantitative estimate of drug-likeness (QED) is 0.579. The zero-order chi connectivity index (χ0) is 15.8. The van der Waals surface area contributed by atoms with Crippen molar-refractivity contribution < 1.29 is 14.7 Å². The van der Waals surface area contributed by atoms with Gasteiger partial charge in [-0.15, -0.1) is 12.4 Å². The number of halogens is 1. The molecule has 6 nitrogen and oxygen atoms in total. The van der Waals surface area contributed by atoms with Crippen molar-refractivity contribution in [1.82, 2.24) is 10.6 Å². The number of nitrogens with one attached hydrogen (secondary N) is 2. The molecule has 1 unspecified atom stereocenters. The van der Waals surface area contributed by atoms with Gasteiger partial charge in [-0.1, -0.05) is 44.2 Å². The van der Waals surface area contributed by atoms with Crippen LogP contribution in [0, 0.1) is 5.92 Å². The van der Waals surface area contributed by atoms with Crippen molar-refractivity contribution in [3.8, 4) is 0 Å². The van der Waals surface area contributed by atoms with Crippen molar-refractivity contribution in [3.05, 3.63) is 35.9 Å². The molecule has 0 saturated heterocycles. The molecule has 0 radical (unpaired) electrons. The molecule has 2 amide bonds. The lowest BCUT2D eigenvalue weighted by atomic mass is 10.1. The summed E-state index contributed by atoms with van der Waals surface area (Å²) in [5, 5.41) is 14.9. The highest BCUT2D eigenvalue weighted by molar-refractivity contribution is 5.87. The molecule has 1 rings (SSSR count). The van der Waals surface area contributed by atoms with Crippen LogP contribution in [0.5, 0.6) is 0 Å². The predicted molar refractivity (Wildman–Crippen MR) is 87.5 cm³/mol. The van der Waals surface area contributed by atoms with E-state index in [0.717, 1.165) is 5.56 Å². The van der Waals surface area contributed by atoms with Crippen LogP contribution in [0.25, 0.3) is 0 Å². The minimum absolute atomic E-state index is 0. The molecule has 22 heavy (non-hydrogen) atoms. The van der Waals surface area contributed by atoms with Crippen molar-refractivity contribution in [2.24, 2.45) is 11.7 Å². The molecule has 0 fully saturated rings. The van der Waals surface area contributed by atoms with Crippen molar-refractivity contribution in [2.75, 3.05) is 13.1 Å². The molecule has 0 saturated carbocycles. The maximum atomic E-state index is 11.6. The Morgan fingerprint density at radius 1 is 1.18 bits per heavy atom. The Balaban J connectivity index is 0.00000441. The molecule has 0 bridgehead atoms. The number of amides is 2. The van der Waals surface area contributed by atoms with Crippen LogP contribution < -0.4 is 16.4 Å². The summed E-state index contributed by atoms with van der Waals surface area (Å²) in [6.07, 6.45) is -0.774. The summed E-state index contributed by atoms with van der Waals surface area (Å²) in [5.74, 6) is -0.717. The summed E-state index contributed by atoms with van der Waals surface area (Å²) >= 11 is 0. The Kier molecular flexibility index (Phi) is 9.40. The highest BCUT2D eigenvalue weighted by atomic mass is 35.5. The number of rotatable bonds is 7. The molecule has 0 aromatic heterocycles. The van der Waals surface area contributed by atoms with Gasteiger partial charge in [0.2, 0.25) is 11.8 Å². The second-order valence-electron chi connectivity index (χ2n) is 5.22. The standard InChI is InChI=1S/C15H23N3O3.ClH/c1-10(2)14(16)15(21)18-9-13(20)17-8-12(19)11-6-4-3-5-7-11;/h3-7,10,12,14,19H,8-9,16H2,1-2H3,(H,17,20)(H,18,21);1H/t12?,14-;/m0./s1. The van der Waals surface area contributed by atoms with E-state index in [0.29, 0.717) is 0 Å². The number of aliphatic hydroxyl groups excluding tert-OH is 1. The first-order valence-corrected chi connectivity index (χ1v) is 6.94. The molecule has 0 aliphatic rings. The molecule has 5 N–H and O–H groups in total. The number of aliphatic hydroxyl groups is 1. The molecule has 124 valence electrons. The third kappa shape index (κ3) is 6.89. The highest BCUT2D eigenvalue weighted by Crippen LogP contribution is 2.10. The maximum Gasteiger partial charge on any atom is 0.239 e. The topological polar surface area (TPSA) is 104 Å². The van der Waals surface area contributed by atoms with Gasteiger partial charge in [-0.2, -0.15) is 0 Å². The Bertz CT molecular complexity index is 468. The molecule has 0 aliphatic carbocycles. The van der Waals surface area contributed by atoms with Crippen molar-refractivity contribution in [2.45, 2.75) is 26.0 Å². The summed E-state index contributed by atoms with van der Waals surface area (Å²) < 4.78 is 0. The van der Waals surface area contributed by atoms with Gasteiger partial charge < -0.3 is 21.5 Å². The second kappa shape index (κ2) is 10.2. The van der Waals surface area contributed by atoms with E-state index in [1.807, 2.05) is 32.0 Å². The van der Waals surface area contributed by atoms with Crippen LogP contribution in [-0.2, 0) is 9.59 Å². The summed E-state index contributed by atoms with van der Waals surface area (Å²) in [6.45, 7) is 3.61. The van der Waals surface area contributed by atoms with Crippen LogP contribution in [0.1, 0.15) is 25.5 Å². The summed E-state index contributed by atoms with van der Waals surface area (Å²) in [4.78, 5) is 23.2. The third-order valence-corrected chi connectivity index (χ3v) is 3.12. The van der Waals surface area contributed by atoms with Gasteiger partial charge in [-0.05, 0) is 11.5 Å². The molecule has 7 heteroatoms. The first-order chi connectivity index (χ1) is 9.91. The lowest BCUT2D eigenvalue weighted by Crippen LogP contribution is -2.47.